The number of hydrogen-bond donors (Lipinski definition) is 0. The first-order valence-electron chi connectivity index (χ1n) is 36.9. The second-order valence-corrected chi connectivity index (χ2v) is 35.9. The van der Waals surface area contributed by atoms with Crippen LogP contribution in [0, 0.1) is 0 Å². The smallest absolute Gasteiger partial charge is 0.136 e. The summed E-state index contributed by atoms with van der Waals surface area (Å²) in [6.45, 7) is 97.4. The van der Waals surface area contributed by atoms with Crippen molar-refractivity contribution in [1.82, 2.24) is 29.4 Å². The highest BCUT2D eigenvalue weighted by Crippen LogP contribution is 2.39. The predicted octanol–water partition coefficient (Wildman–Crippen LogP) is 15.0. The molecule has 6 aliphatic heterocycles. The maximum Gasteiger partial charge on any atom is 0.136 e. The van der Waals surface area contributed by atoms with E-state index in [1.165, 1.54) is 171 Å². The number of nitrogens with zero attached hydrogens (tertiary/aromatic N) is 12. The Hall–Kier alpha value is -0.480. The summed E-state index contributed by atoms with van der Waals surface area (Å²) >= 11 is 0. The molecular weight excluding hydrogens is 1070 g/mol. The third-order valence-electron chi connectivity index (χ3n) is 27.3. The highest BCUT2D eigenvalue weighted by molar-refractivity contribution is 4.95. The quantitative estimate of drug-likeness (QED) is 0.127. The summed E-state index contributed by atoms with van der Waals surface area (Å²) in [5.74, 6) is 0. The molecule has 522 valence electrons. The van der Waals surface area contributed by atoms with Crippen molar-refractivity contribution >= 4 is 0 Å². The fourth-order valence-electron chi connectivity index (χ4n) is 15.9. The molecule has 6 rings (SSSR count). The average Bonchev–Trinajstić information content (AvgIpc) is 1.78. The van der Waals surface area contributed by atoms with Crippen LogP contribution in [0.2, 0.25) is 0 Å². The molecule has 6 fully saturated rings. The Morgan fingerprint density at radius 1 is 0.414 bits per heavy atom. The maximum atomic E-state index is 2.70. The first-order chi connectivity index (χ1) is 39.3. The fourth-order valence-corrected chi connectivity index (χ4v) is 15.9. The zero-order valence-electron chi connectivity index (χ0n) is 67.5. The molecule has 12 nitrogen and oxygen atoms in total. The molecule has 7 unspecified atom stereocenters. The van der Waals surface area contributed by atoms with Gasteiger partial charge in [0.1, 0.15) is 63.2 Å². The lowest BCUT2D eigenvalue weighted by molar-refractivity contribution is -0.943. The Kier molecular flexibility index (Phi) is 30.9. The molecule has 0 aromatic heterocycles. The summed E-state index contributed by atoms with van der Waals surface area (Å²) in [5, 5.41) is 0. The van der Waals surface area contributed by atoms with E-state index < -0.39 is 0 Å². The van der Waals surface area contributed by atoms with Gasteiger partial charge in [-0.25, -0.2) is 29.4 Å². The van der Waals surface area contributed by atoms with Gasteiger partial charge in [0, 0.05) is 34.7 Å². The Balaban J connectivity index is 0.000000522. The first-order valence-corrected chi connectivity index (χ1v) is 36.9. The van der Waals surface area contributed by atoms with Gasteiger partial charge in [-0.15, -0.1) is 0 Å². The molecule has 87 heavy (non-hydrogen) atoms. The zero-order chi connectivity index (χ0) is 68.6. The molecule has 13 atom stereocenters. The molecular formula is C75H168N12+6. The first kappa shape index (κ1) is 84.5. The lowest BCUT2D eigenvalue weighted by atomic mass is 9.93. The van der Waals surface area contributed by atoms with Crippen molar-refractivity contribution in [2.75, 3.05) is 148 Å². The summed E-state index contributed by atoms with van der Waals surface area (Å²) < 4.78 is 7.18. The van der Waals surface area contributed by atoms with Gasteiger partial charge in [-0.2, -0.15) is 0 Å². The van der Waals surface area contributed by atoms with Gasteiger partial charge in [0.2, 0.25) is 0 Å². The summed E-state index contributed by atoms with van der Waals surface area (Å²) in [7, 11) is 14.3. The van der Waals surface area contributed by atoms with E-state index in [0.717, 1.165) is 36.3 Å². The van der Waals surface area contributed by atoms with Crippen molar-refractivity contribution in [3.05, 3.63) is 0 Å². The monoisotopic (exact) mass is 1240 g/mol. The van der Waals surface area contributed by atoms with Crippen molar-refractivity contribution in [2.24, 2.45) is 0 Å². The van der Waals surface area contributed by atoms with Crippen molar-refractivity contribution in [2.45, 2.75) is 348 Å². The van der Waals surface area contributed by atoms with Crippen molar-refractivity contribution in [3.8, 4) is 0 Å². The van der Waals surface area contributed by atoms with E-state index in [2.05, 4.69) is 300 Å². The molecule has 0 bridgehead atoms. The van der Waals surface area contributed by atoms with Crippen LogP contribution in [-0.4, -0.2) is 285 Å². The van der Waals surface area contributed by atoms with E-state index >= 15 is 0 Å². The summed E-state index contributed by atoms with van der Waals surface area (Å²) in [6.07, 6.45) is 7.47. The molecule has 12 heteroatoms. The van der Waals surface area contributed by atoms with Crippen LogP contribution in [0.15, 0.2) is 0 Å². The van der Waals surface area contributed by atoms with Crippen LogP contribution in [-0.2, 0) is 0 Å². The topological polar surface area (TPSA) is 19.4 Å². The minimum absolute atomic E-state index is 0.328. The normalized spacial score (nSPS) is 35.6. The highest BCUT2D eigenvalue weighted by Gasteiger charge is 2.54. The van der Waals surface area contributed by atoms with E-state index in [1.807, 2.05) is 0 Å². The Bertz CT molecular complexity index is 2000. The third-order valence-corrected chi connectivity index (χ3v) is 27.3. The average molecular weight is 1240 g/mol. The van der Waals surface area contributed by atoms with E-state index in [4.69, 9.17) is 0 Å². The SMILES string of the molecule is CCC(C)(C)N1CC(C)(C)[N@@+](C)(CC)C1.CCC(C)(C)N1C[N@+](C)(CC)C(C)C1C.CCC(C)(C)N1C[N@+](C)(CC)CC1(C)C.CCC(C)N1CC(C)(C)[N@@+](C)(CC)C1.CCC(C)N1C[N@+](C)(CC)C(C)C1C.CCC(C)N1C[N@+](C)(CC)CC1(C)C. The van der Waals surface area contributed by atoms with Crippen molar-refractivity contribution in [3.63, 3.8) is 0 Å². The van der Waals surface area contributed by atoms with Gasteiger partial charge in [-0.05, 0) is 225 Å². The zero-order valence-corrected chi connectivity index (χ0v) is 67.5. The fraction of sp³-hybridized carbons (Fsp3) is 1.00. The standard InChI is InChI=1S/3C13H29N2.3C12H27N2/c1-8-12(3,4)14-11-15(7,9-2)10-13(14,5)6;1-8-12(3,4)14-10-13(5,6)15(7,9-2)11-14;1-8-13(5,6)14-10-15(7,9-2)12(4)11(14)3;1-7-11(3)13-10-14(6,8-2)9-12(13,4)5;1-7-11(3)13-9-12(4,5)14(6,8-2)10-13;1-7-10(3)13-9-14(6,8-2)12(5)11(13)4/h2*8-11H2,1-7H3;11-12H,8-10H2,1-7H3;2*11H,7-10H2,1-6H3;10-12H,7-9H2,1-6H3/q6*+1/t2*15-;11?,12?,15-;2*11?,14-;10?,11?,12?,14-/m100100/s1. The molecule has 0 spiro atoms. The minimum atomic E-state index is 0.328. The summed E-state index contributed by atoms with van der Waals surface area (Å²) in [5.41, 5.74) is 2.54. The molecule has 0 aromatic rings. The number of rotatable bonds is 18. The van der Waals surface area contributed by atoms with Crippen molar-refractivity contribution < 1.29 is 26.9 Å². The molecule has 0 aromatic carbocycles. The number of likely N-dealkylation sites (N-methyl/N-ethyl adjacent to an activating group) is 6. The Labute approximate surface area is 549 Å². The molecule has 0 radical (unpaired) electrons. The van der Waals surface area contributed by atoms with Crippen LogP contribution in [0.1, 0.15) is 267 Å². The van der Waals surface area contributed by atoms with Crippen LogP contribution < -0.4 is 0 Å². The lowest BCUT2D eigenvalue weighted by Gasteiger charge is -2.40. The van der Waals surface area contributed by atoms with E-state index in [9.17, 15) is 0 Å². The predicted molar refractivity (Wildman–Crippen MR) is 387 cm³/mol. The lowest BCUT2D eigenvalue weighted by Crippen LogP contribution is -2.55. The summed E-state index contributed by atoms with van der Waals surface area (Å²) in [6, 6.07) is 5.14. The number of quaternary nitrogens is 6. The minimum Gasteiger partial charge on any atom is -0.312 e. The van der Waals surface area contributed by atoms with Crippen LogP contribution in [0.4, 0.5) is 0 Å². The molecule has 6 aliphatic rings. The molecule has 0 saturated carbocycles. The maximum absolute atomic E-state index is 2.70. The molecule has 0 N–H and O–H groups in total. The second kappa shape index (κ2) is 31.8. The molecule has 0 amide bonds. The summed E-state index contributed by atoms with van der Waals surface area (Å²) in [4.78, 5) is 16.1. The van der Waals surface area contributed by atoms with Crippen LogP contribution >= 0.6 is 0 Å². The van der Waals surface area contributed by atoms with Gasteiger partial charge in [-0.3, -0.25) is 0 Å². The van der Waals surface area contributed by atoms with Gasteiger partial charge in [-0.1, -0.05) is 41.5 Å². The van der Waals surface area contributed by atoms with Gasteiger partial charge < -0.3 is 26.9 Å². The highest BCUT2D eigenvalue weighted by atomic mass is 15.6. The van der Waals surface area contributed by atoms with Gasteiger partial charge in [0.15, 0.2) is 0 Å². The Morgan fingerprint density at radius 2 is 0.816 bits per heavy atom. The van der Waals surface area contributed by atoms with E-state index in [1.54, 1.807) is 0 Å². The van der Waals surface area contributed by atoms with Gasteiger partial charge in [0.05, 0.1) is 131 Å². The molecule has 6 saturated heterocycles. The second-order valence-electron chi connectivity index (χ2n) is 35.9. The van der Waals surface area contributed by atoms with E-state index in [-0.39, 0.29) is 0 Å². The van der Waals surface area contributed by atoms with Crippen LogP contribution in [0.3, 0.4) is 0 Å². The van der Waals surface area contributed by atoms with Crippen LogP contribution in [0.25, 0.3) is 0 Å². The largest absolute Gasteiger partial charge is 0.312 e. The third kappa shape index (κ3) is 20.0. The molecule has 0 aliphatic carbocycles. The molecule has 6 heterocycles. The van der Waals surface area contributed by atoms with Crippen molar-refractivity contribution in [1.29, 1.82) is 0 Å². The van der Waals surface area contributed by atoms with Crippen LogP contribution in [0.5, 0.6) is 0 Å². The van der Waals surface area contributed by atoms with Gasteiger partial charge in [0.25, 0.3) is 0 Å². The Morgan fingerprint density at radius 3 is 1.16 bits per heavy atom. The van der Waals surface area contributed by atoms with Gasteiger partial charge >= 0.3 is 0 Å². The van der Waals surface area contributed by atoms with E-state index in [0.29, 0.717) is 44.8 Å². The number of hydrogen-bond acceptors (Lipinski definition) is 6.